The number of carbonyl (C=O) groups excluding carboxylic acids is 5. The Hall–Kier alpha value is -8.05. The molecule has 87 heavy (non-hydrogen) atoms. The van der Waals surface area contributed by atoms with Crippen LogP contribution in [0.3, 0.4) is 0 Å². The molecule has 28 heteroatoms. The van der Waals surface area contributed by atoms with Crippen LogP contribution in [0.1, 0.15) is 73.0 Å². The van der Waals surface area contributed by atoms with Crippen LogP contribution in [-0.4, -0.2) is 256 Å². The second kappa shape index (κ2) is 31.6. The minimum Gasteiger partial charge on any atom is -0.496 e. The van der Waals surface area contributed by atoms with Crippen molar-refractivity contribution in [2.24, 2.45) is 5.92 Å². The lowest BCUT2D eigenvalue weighted by Crippen LogP contribution is -2.50. The van der Waals surface area contributed by atoms with Gasteiger partial charge in [-0.25, -0.2) is 4.68 Å². The number of pyridine rings is 1. The zero-order valence-corrected chi connectivity index (χ0v) is 49.8. The molecule has 8 rings (SSSR count). The van der Waals surface area contributed by atoms with Crippen LogP contribution in [-0.2, 0) is 51.2 Å². The first-order valence-electron chi connectivity index (χ1n) is 29.6. The molecule has 0 radical (unpaired) electrons. The number of hydrogen-bond acceptors (Lipinski definition) is 18. The zero-order valence-electron chi connectivity index (χ0n) is 49.0. The zero-order chi connectivity index (χ0) is 62.0. The van der Waals surface area contributed by atoms with E-state index in [2.05, 4.69) is 20.9 Å². The van der Waals surface area contributed by atoms with Gasteiger partial charge < -0.3 is 55.7 Å². The van der Waals surface area contributed by atoms with Gasteiger partial charge in [-0.1, -0.05) is 6.42 Å². The van der Waals surface area contributed by atoms with Crippen molar-refractivity contribution in [2.45, 2.75) is 70.3 Å². The van der Waals surface area contributed by atoms with Gasteiger partial charge >= 0.3 is 23.9 Å². The highest BCUT2D eigenvalue weighted by Crippen LogP contribution is 2.44. The van der Waals surface area contributed by atoms with Crippen molar-refractivity contribution in [3.63, 3.8) is 0 Å². The summed E-state index contributed by atoms with van der Waals surface area (Å²) < 4.78 is 13.9. The molecule has 0 spiro atoms. The van der Waals surface area contributed by atoms with Crippen molar-refractivity contribution in [3.8, 4) is 38.9 Å². The lowest BCUT2D eigenvalue weighted by atomic mass is 9.84. The Morgan fingerprint density at radius 1 is 0.678 bits per heavy atom. The molecule has 4 aliphatic rings. The summed E-state index contributed by atoms with van der Waals surface area (Å²) in [6.45, 7) is 2.82. The number of methoxy groups -OCH3 is 1. The summed E-state index contributed by atoms with van der Waals surface area (Å²) in [5, 5.41) is 53.8. The summed E-state index contributed by atoms with van der Waals surface area (Å²) in [5.74, 6) is -4.91. The van der Waals surface area contributed by atoms with Gasteiger partial charge in [-0.15, -0.1) is 11.3 Å². The number of fused-ring (bicyclic) bond motifs is 3. The third-order valence-electron chi connectivity index (χ3n) is 16.0. The van der Waals surface area contributed by atoms with Crippen LogP contribution in [0.25, 0.3) is 27.4 Å². The van der Waals surface area contributed by atoms with Gasteiger partial charge in [-0.05, 0) is 86.2 Å². The Bertz CT molecular complexity index is 3070. The maximum atomic E-state index is 14.5. The van der Waals surface area contributed by atoms with Crippen LogP contribution < -0.4 is 25.4 Å². The van der Waals surface area contributed by atoms with Crippen LogP contribution in [0, 0.1) is 5.92 Å². The Kier molecular flexibility index (Phi) is 23.6. The van der Waals surface area contributed by atoms with Crippen LogP contribution >= 0.6 is 11.3 Å². The first-order chi connectivity index (χ1) is 41.9. The summed E-state index contributed by atoms with van der Waals surface area (Å²) >= 11 is 1.52. The second-order valence-corrected chi connectivity index (χ2v) is 23.1. The maximum Gasteiger partial charge on any atom is 0.317 e. The largest absolute Gasteiger partial charge is 0.496 e. The molecule has 2 aliphatic carbocycles. The lowest BCUT2D eigenvalue weighted by molar-refractivity contribution is -0.140. The number of thiophene rings is 1. The number of hydrogen-bond donors (Lipinski definition) is 7. The van der Waals surface area contributed by atoms with E-state index in [1.54, 1.807) is 39.1 Å². The van der Waals surface area contributed by atoms with Crippen molar-refractivity contribution >= 4 is 64.7 Å². The summed E-state index contributed by atoms with van der Waals surface area (Å²) in [6, 6.07) is 8.61. The topological polar surface area (TPSA) is 339 Å². The molecular weight excluding hydrogens is 1150 g/mol. The number of aryl methyl sites for hydroxylation is 1. The monoisotopic (exact) mass is 1230 g/mol. The number of aromatic nitrogens is 3. The number of amides is 5. The number of aliphatic carboxylic acids is 4. The van der Waals surface area contributed by atoms with E-state index < -0.39 is 54.1 Å². The predicted octanol–water partition coefficient (Wildman–Crippen LogP) is 1.46. The Balaban J connectivity index is 0.840. The molecule has 3 fully saturated rings. The van der Waals surface area contributed by atoms with E-state index in [0.29, 0.717) is 74.6 Å². The second-order valence-electron chi connectivity index (χ2n) is 22.2. The summed E-state index contributed by atoms with van der Waals surface area (Å²) in [6.07, 6.45) is 7.60. The number of carbonyl (C=O) groups is 9. The number of carboxylic acids is 4. The molecular formula is C59H78N12O15S. The van der Waals surface area contributed by atoms with E-state index in [1.807, 2.05) is 50.2 Å². The van der Waals surface area contributed by atoms with Crippen LogP contribution in [0.15, 0.2) is 48.1 Å². The smallest absolute Gasteiger partial charge is 0.317 e. The van der Waals surface area contributed by atoms with Gasteiger partial charge in [0.25, 0.3) is 5.91 Å². The average Bonchev–Trinajstić information content (AvgIpc) is 1.68. The predicted molar refractivity (Wildman–Crippen MR) is 317 cm³/mol. The molecule has 0 unspecified atom stereocenters. The van der Waals surface area contributed by atoms with Crippen LogP contribution in [0.4, 0.5) is 0 Å². The highest BCUT2D eigenvalue weighted by molar-refractivity contribution is 7.12. The van der Waals surface area contributed by atoms with Gasteiger partial charge in [-0.2, -0.15) is 5.10 Å². The third kappa shape index (κ3) is 18.5. The third-order valence-corrected chi connectivity index (χ3v) is 16.9. The number of carboxylic acid groups (broad SMARTS) is 4. The summed E-state index contributed by atoms with van der Waals surface area (Å²) in [5.41, 5.74) is 5.47. The Morgan fingerprint density at radius 3 is 1.92 bits per heavy atom. The quantitative estimate of drug-likeness (QED) is 0.0438. The Morgan fingerprint density at radius 2 is 1.32 bits per heavy atom. The van der Waals surface area contributed by atoms with Gasteiger partial charge in [-0.3, -0.25) is 67.7 Å². The highest BCUT2D eigenvalue weighted by atomic mass is 32.1. The molecule has 3 aromatic heterocycles. The minimum absolute atomic E-state index is 0.0987. The first kappa shape index (κ1) is 64.9. The maximum absolute atomic E-state index is 14.5. The van der Waals surface area contributed by atoms with Gasteiger partial charge in [0.2, 0.25) is 23.6 Å². The number of nitrogens with zero attached hydrogens (tertiary/aromatic N) is 9. The average molecular weight is 1230 g/mol. The van der Waals surface area contributed by atoms with Crippen LogP contribution in [0.5, 0.6) is 11.5 Å². The standard InChI is InChI=1S/C59H78N12O15S/c1-85-47-31-40-9-10-43-55(59(84)70-17-5-16-69(26-27-70)58(83)39-6-2-7-39)64-71(50-8-3-29-87-50)56(43)45(40)32-44(47)41-30-42(34-60-33-41)86-28-4-14-62-57(82)46(11-12-51(74)75)63-48(72)13-15-61-49(73)35-65-18-20-66(36-52(76)77)22-24-68(38-54(80)81)25-23-67(21-19-65)37-53(78)79/h3,8,29-34,39,46H,2,4-7,9-28,35-38H2,1H3,(H,61,73)(H,62,82)(H,63,72)(H,74,75)(H,76,77)(H,78,79)(H,80,81)/t46-/m1/s1. The highest BCUT2D eigenvalue weighted by Gasteiger charge is 2.35. The number of benzene rings is 1. The molecule has 4 aromatic rings. The van der Waals surface area contributed by atoms with Gasteiger partial charge in [0.1, 0.15) is 22.5 Å². The van der Waals surface area contributed by atoms with E-state index in [1.165, 1.54) is 11.3 Å². The Labute approximate surface area is 507 Å². The van der Waals surface area contributed by atoms with Gasteiger partial charge in [0, 0.05) is 139 Å². The summed E-state index contributed by atoms with van der Waals surface area (Å²) in [4.78, 5) is 129. The fourth-order valence-corrected chi connectivity index (χ4v) is 11.9. The fraction of sp³-hybridized carbons (Fsp3) is 0.542. The van der Waals surface area contributed by atoms with E-state index in [9.17, 15) is 63.6 Å². The van der Waals surface area contributed by atoms with E-state index >= 15 is 0 Å². The van der Waals surface area contributed by atoms with Crippen molar-refractivity contribution in [1.82, 2.24) is 60.1 Å². The van der Waals surface area contributed by atoms with E-state index in [-0.39, 0.29) is 129 Å². The normalized spacial score (nSPS) is 17.0. The van der Waals surface area contributed by atoms with Gasteiger partial charge in [0.05, 0.1) is 51.8 Å². The first-order valence-corrected chi connectivity index (χ1v) is 30.4. The molecule has 5 amide bonds. The van der Waals surface area contributed by atoms with Crippen LogP contribution in [0.2, 0.25) is 0 Å². The molecule has 1 atom stereocenters. The van der Waals surface area contributed by atoms with E-state index in [0.717, 1.165) is 52.2 Å². The molecule has 1 saturated carbocycles. The molecule has 1 aromatic carbocycles. The SMILES string of the molecule is COc1cc2c(cc1-c1cncc(OCCCNC(=O)[C@@H](CCC(=O)O)NC(=O)CCNC(=O)CN3CCN(CC(=O)O)CCN(CC(=O)O)CCN(CC(=O)O)CC3)c1)-c1c(c(C(=O)N3CCCN(C(=O)C4CCC4)CC3)nn1-c1cccs1)CC2. The van der Waals surface area contributed by atoms with Gasteiger partial charge in [0.15, 0.2) is 5.69 Å². The van der Waals surface area contributed by atoms with E-state index in [4.69, 9.17) is 14.6 Å². The molecule has 2 aliphatic heterocycles. The summed E-state index contributed by atoms with van der Waals surface area (Å²) in [7, 11) is 1.60. The molecule has 0 bridgehead atoms. The van der Waals surface area contributed by atoms with Crippen molar-refractivity contribution in [2.75, 3.05) is 132 Å². The van der Waals surface area contributed by atoms with Crippen molar-refractivity contribution < 1.29 is 73.1 Å². The molecule has 5 heterocycles. The molecule has 27 nitrogen and oxygen atoms in total. The lowest BCUT2D eigenvalue weighted by Gasteiger charge is -2.32. The molecule has 2 saturated heterocycles. The minimum atomic E-state index is -1.20. The fourth-order valence-electron chi connectivity index (χ4n) is 11.2. The molecule has 7 N–H and O–H groups in total. The van der Waals surface area contributed by atoms with Crippen molar-refractivity contribution in [3.05, 3.63) is 64.9 Å². The number of nitrogens with one attached hydrogen (secondary N) is 3. The molecule has 470 valence electrons. The number of rotatable bonds is 26. The number of ether oxygens (including phenoxy) is 2. The van der Waals surface area contributed by atoms with Crippen molar-refractivity contribution in [1.29, 1.82) is 0 Å².